The number of furan rings is 1. The maximum atomic E-state index is 13.1. The second kappa shape index (κ2) is 14.4. The number of nitrogens with one attached hydrogen (secondary N) is 3. The lowest BCUT2D eigenvalue weighted by Crippen LogP contribution is -2.33. The highest BCUT2D eigenvalue weighted by atomic mass is 32.1. The van der Waals surface area contributed by atoms with Crippen molar-refractivity contribution in [3.63, 3.8) is 0 Å². The minimum Gasteiger partial charge on any atom is -0.457 e. The number of para-hydroxylation sites is 2. The summed E-state index contributed by atoms with van der Waals surface area (Å²) >= 11 is 5.39. The van der Waals surface area contributed by atoms with E-state index >= 15 is 0 Å². The number of hydrogen-bond donors (Lipinski definition) is 3. The van der Waals surface area contributed by atoms with Crippen molar-refractivity contribution in [3.05, 3.63) is 145 Å². The van der Waals surface area contributed by atoms with E-state index in [1.54, 1.807) is 25.1 Å². The predicted molar refractivity (Wildman–Crippen MR) is 187 cm³/mol. The van der Waals surface area contributed by atoms with Gasteiger partial charge in [0.2, 0.25) is 0 Å². The summed E-state index contributed by atoms with van der Waals surface area (Å²) in [6.45, 7) is 1.56. The normalized spacial score (nSPS) is 11.3. The van der Waals surface area contributed by atoms with Crippen LogP contribution in [0.2, 0.25) is 0 Å². The lowest BCUT2D eigenvalue weighted by molar-refractivity contribution is -0.117. The van der Waals surface area contributed by atoms with Crippen LogP contribution in [-0.4, -0.2) is 16.8 Å². The molecule has 3 N–H and O–H groups in total. The van der Waals surface area contributed by atoms with E-state index in [0.29, 0.717) is 33.9 Å². The van der Waals surface area contributed by atoms with Crippen LogP contribution in [0.15, 0.2) is 138 Å². The third kappa shape index (κ3) is 8.42. The average Bonchev–Trinajstić information content (AvgIpc) is 3.50. The molecule has 47 heavy (non-hydrogen) atoms. The monoisotopic (exact) mass is 641 g/mol. The number of carbonyl (C=O) groups is 2. The zero-order valence-electron chi connectivity index (χ0n) is 25.4. The highest BCUT2D eigenvalue weighted by molar-refractivity contribution is 7.80. The molecule has 5 aromatic carbocycles. The minimum absolute atomic E-state index is 0.0322. The molecule has 1 amide bonds. The molecule has 8 nitrogen and oxygen atoms in total. The number of hydrogen-bond acceptors (Lipinski definition) is 7. The largest absolute Gasteiger partial charge is 0.457 e. The number of rotatable bonds is 11. The fourth-order valence-electron chi connectivity index (χ4n) is 4.99. The van der Waals surface area contributed by atoms with E-state index in [2.05, 4.69) is 16.0 Å². The molecule has 1 heterocycles. The van der Waals surface area contributed by atoms with Crippen LogP contribution in [0.4, 0.5) is 11.4 Å². The fourth-order valence-corrected chi connectivity index (χ4v) is 5.20. The minimum atomic E-state index is -0.495. The number of amides is 1. The van der Waals surface area contributed by atoms with Gasteiger partial charge >= 0.3 is 0 Å². The first-order valence-corrected chi connectivity index (χ1v) is 15.4. The lowest BCUT2D eigenvalue weighted by Gasteiger charge is -2.20. The molecule has 1 aromatic heterocycles. The van der Waals surface area contributed by atoms with Crippen LogP contribution < -0.4 is 25.4 Å². The fraction of sp³-hybridized carbons (Fsp3) is 0.0789. The molecule has 6 rings (SSSR count). The molecule has 0 radical (unpaired) electrons. The average molecular weight is 642 g/mol. The SMILES string of the molecule is CC(=O)CC(Nc1cccc(Oc2ccccc2)c1)c1ccc2oc(C(=O)NC(=S)Nc3cccc(Oc4ccccc4)c3)cc2c1. The van der Waals surface area contributed by atoms with E-state index in [-0.39, 0.29) is 29.1 Å². The summed E-state index contributed by atoms with van der Waals surface area (Å²) in [4.78, 5) is 25.3. The molecule has 234 valence electrons. The second-order valence-corrected chi connectivity index (χ2v) is 11.2. The number of ether oxygens (including phenoxy) is 2. The van der Waals surface area contributed by atoms with Gasteiger partial charge in [0.1, 0.15) is 34.4 Å². The molecular weight excluding hydrogens is 611 g/mol. The second-order valence-electron chi connectivity index (χ2n) is 10.8. The number of carbonyl (C=O) groups excluding carboxylic acids is 2. The summed E-state index contributed by atoms with van der Waals surface area (Å²) in [6.07, 6.45) is 0.262. The molecule has 0 saturated carbocycles. The molecule has 0 bridgehead atoms. The number of fused-ring (bicyclic) bond motifs is 1. The first-order valence-electron chi connectivity index (χ1n) is 15.0. The van der Waals surface area contributed by atoms with Crippen molar-refractivity contribution >= 4 is 51.4 Å². The summed E-state index contributed by atoms with van der Waals surface area (Å²) in [7, 11) is 0. The van der Waals surface area contributed by atoms with Crippen molar-refractivity contribution in [1.29, 1.82) is 0 Å². The molecule has 1 atom stereocenters. The van der Waals surface area contributed by atoms with Gasteiger partial charge in [-0.2, -0.15) is 0 Å². The Morgan fingerprint density at radius 2 is 1.30 bits per heavy atom. The van der Waals surface area contributed by atoms with Gasteiger partial charge in [0.05, 0.1) is 6.04 Å². The van der Waals surface area contributed by atoms with Gasteiger partial charge in [-0.05, 0) is 91.4 Å². The molecular formula is C38H31N3O5S. The third-order valence-corrected chi connectivity index (χ3v) is 7.31. The third-order valence-electron chi connectivity index (χ3n) is 7.11. The number of anilines is 2. The number of ketones is 1. The van der Waals surface area contributed by atoms with Gasteiger partial charge in [-0.1, -0.05) is 54.6 Å². The van der Waals surface area contributed by atoms with Crippen LogP contribution >= 0.6 is 12.2 Å². The standard InChI is InChI=1S/C38H31N3O5S/c1-25(42)20-34(39-28-10-8-16-32(23-28)44-30-12-4-2-5-13-30)26-18-19-35-27(21-26)22-36(46-35)37(43)41-38(47)40-29-11-9-17-33(24-29)45-31-14-6-3-7-15-31/h2-19,21-24,34,39H,20H2,1H3,(H2,40,41,43,47). The molecule has 0 saturated heterocycles. The van der Waals surface area contributed by atoms with Crippen LogP contribution in [0.25, 0.3) is 11.0 Å². The Hall–Kier alpha value is -5.93. The molecule has 0 aliphatic carbocycles. The predicted octanol–water partition coefficient (Wildman–Crippen LogP) is 9.28. The Labute approximate surface area is 277 Å². The topological polar surface area (TPSA) is 102 Å². The van der Waals surface area contributed by atoms with Crippen molar-refractivity contribution in [2.45, 2.75) is 19.4 Å². The van der Waals surface area contributed by atoms with E-state index in [0.717, 1.165) is 17.0 Å². The Kier molecular flexibility index (Phi) is 9.55. The zero-order valence-corrected chi connectivity index (χ0v) is 26.3. The number of Topliss-reactive ketones (excluding diaryl/α,β-unsaturated/α-hetero) is 1. The van der Waals surface area contributed by atoms with Gasteiger partial charge in [-0.15, -0.1) is 0 Å². The van der Waals surface area contributed by atoms with Crippen LogP contribution in [0.5, 0.6) is 23.0 Å². The lowest BCUT2D eigenvalue weighted by atomic mass is 10.00. The highest BCUT2D eigenvalue weighted by Crippen LogP contribution is 2.31. The van der Waals surface area contributed by atoms with E-state index in [9.17, 15) is 9.59 Å². The van der Waals surface area contributed by atoms with Crippen LogP contribution in [0.1, 0.15) is 35.5 Å². The van der Waals surface area contributed by atoms with E-state index in [4.69, 9.17) is 26.1 Å². The van der Waals surface area contributed by atoms with Gasteiger partial charge in [0.15, 0.2) is 10.9 Å². The van der Waals surface area contributed by atoms with E-state index < -0.39 is 5.91 Å². The smallest absolute Gasteiger partial charge is 0.293 e. The number of thiocarbonyl (C=S) groups is 1. The first-order chi connectivity index (χ1) is 22.9. The summed E-state index contributed by atoms with van der Waals surface area (Å²) in [5.74, 6) is 2.37. The first kappa shape index (κ1) is 31.1. The number of benzene rings is 5. The van der Waals surface area contributed by atoms with Gasteiger partial charge in [-0.3, -0.25) is 14.9 Å². The quantitative estimate of drug-likeness (QED) is 0.120. The van der Waals surface area contributed by atoms with Crippen molar-refractivity contribution < 1.29 is 23.5 Å². The summed E-state index contributed by atoms with van der Waals surface area (Å²) in [5.41, 5.74) is 2.85. The van der Waals surface area contributed by atoms with Gasteiger partial charge in [0, 0.05) is 35.3 Å². The van der Waals surface area contributed by atoms with Gasteiger partial charge in [0.25, 0.3) is 5.91 Å². The molecule has 0 fully saturated rings. The zero-order chi connectivity index (χ0) is 32.6. The molecule has 9 heteroatoms. The van der Waals surface area contributed by atoms with E-state index in [1.807, 2.05) is 115 Å². The van der Waals surface area contributed by atoms with Crippen LogP contribution in [0, 0.1) is 0 Å². The Morgan fingerprint density at radius 1 is 0.702 bits per heavy atom. The Bertz CT molecular complexity index is 2030. The van der Waals surface area contributed by atoms with Crippen molar-refractivity contribution in [2.24, 2.45) is 0 Å². The Morgan fingerprint density at radius 3 is 1.94 bits per heavy atom. The van der Waals surface area contributed by atoms with Crippen LogP contribution in [0.3, 0.4) is 0 Å². The van der Waals surface area contributed by atoms with Gasteiger partial charge < -0.3 is 24.5 Å². The molecule has 0 aliphatic heterocycles. The summed E-state index contributed by atoms with van der Waals surface area (Å²) in [5, 5.41) is 9.98. The van der Waals surface area contributed by atoms with Crippen molar-refractivity contribution in [2.75, 3.05) is 10.6 Å². The maximum Gasteiger partial charge on any atom is 0.293 e. The molecule has 1 unspecified atom stereocenters. The van der Waals surface area contributed by atoms with Gasteiger partial charge in [-0.25, -0.2) is 0 Å². The van der Waals surface area contributed by atoms with Crippen molar-refractivity contribution in [1.82, 2.24) is 5.32 Å². The Balaban J connectivity index is 1.12. The van der Waals surface area contributed by atoms with Crippen LogP contribution in [-0.2, 0) is 4.79 Å². The van der Waals surface area contributed by atoms with E-state index in [1.165, 1.54) is 0 Å². The summed E-state index contributed by atoms with van der Waals surface area (Å²) < 4.78 is 17.7. The van der Waals surface area contributed by atoms with Crippen molar-refractivity contribution in [3.8, 4) is 23.0 Å². The molecule has 0 aliphatic rings. The maximum absolute atomic E-state index is 13.1. The molecule has 0 spiro atoms. The summed E-state index contributed by atoms with van der Waals surface area (Å²) in [6, 6.07) is 40.7. The molecule has 6 aromatic rings. The highest BCUT2D eigenvalue weighted by Gasteiger charge is 2.18.